The number of amides is 1. The fourth-order valence-electron chi connectivity index (χ4n) is 2.84. The molecule has 1 fully saturated rings. The lowest BCUT2D eigenvalue weighted by Gasteiger charge is -2.28. The maximum atomic E-state index is 12.3. The maximum Gasteiger partial charge on any atom is 0.222 e. The molecule has 1 saturated carbocycles. The number of rotatable bonds is 9. The van der Waals surface area contributed by atoms with Crippen LogP contribution in [-0.4, -0.2) is 28.7 Å². The van der Waals surface area contributed by atoms with Crippen molar-refractivity contribution in [1.29, 1.82) is 0 Å². The minimum Gasteiger partial charge on any atom is -0.339 e. The fourth-order valence-corrected chi connectivity index (χ4v) is 3.22. The fraction of sp³-hybridized carbons (Fsp3) is 0.933. The molecule has 106 valence electrons. The topological polar surface area (TPSA) is 20.3 Å². The second-order valence-electron chi connectivity index (χ2n) is 5.38. The van der Waals surface area contributed by atoms with Gasteiger partial charge in [0.05, 0.1) is 0 Å². The van der Waals surface area contributed by atoms with Crippen molar-refractivity contribution in [3.63, 3.8) is 0 Å². The highest BCUT2D eigenvalue weighted by Crippen LogP contribution is 2.24. The molecule has 18 heavy (non-hydrogen) atoms. The first-order valence-electron chi connectivity index (χ1n) is 7.65. The Morgan fingerprint density at radius 2 is 1.83 bits per heavy atom. The van der Waals surface area contributed by atoms with E-state index in [1.807, 2.05) is 0 Å². The molecule has 0 aromatic heterocycles. The molecular weight excluding hydrogens is 290 g/mol. The molecule has 0 saturated heterocycles. The van der Waals surface area contributed by atoms with Gasteiger partial charge in [-0.3, -0.25) is 4.79 Å². The molecule has 0 bridgehead atoms. The SMILES string of the molecule is CCCCCCCC(=O)N(CCBr)C1CCCC1. The van der Waals surface area contributed by atoms with Crippen molar-refractivity contribution in [1.82, 2.24) is 4.90 Å². The monoisotopic (exact) mass is 317 g/mol. The minimum absolute atomic E-state index is 0.387. The second-order valence-corrected chi connectivity index (χ2v) is 6.17. The van der Waals surface area contributed by atoms with Gasteiger partial charge in [0.2, 0.25) is 5.91 Å². The molecule has 0 aliphatic heterocycles. The first kappa shape index (κ1) is 16.0. The van der Waals surface area contributed by atoms with Crippen molar-refractivity contribution in [2.45, 2.75) is 77.2 Å². The number of halogens is 1. The van der Waals surface area contributed by atoms with Gasteiger partial charge in [-0.15, -0.1) is 0 Å². The lowest BCUT2D eigenvalue weighted by molar-refractivity contribution is -0.133. The van der Waals surface area contributed by atoms with Crippen LogP contribution in [0.2, 0.25) is 0 Å². The second kappa shape index (κ2) is 9.82. The van der Waals surface area contributed by atoms with Crippen molar-refractivity contribution in [3.8, 4) is 0 Å². The molecule has 0 radical (unpaired) electrons. The van der Waals surface area contributed by atoms with Crippen LogP contribution in [0, 0.1) is 0 Å². The summed E-state index contributed by atoms with van der Waals surface area (Å²) in [6, 6.07) is 0.533. The van der Waals surface area contributed by atoms with Crippen LogP contribution >= 0.6 is 15.9 Å². The largest absolute Gasteiger partial charge is 0.339 e. The summed E-state index contributed by atoms with van der Waals surface area (Å²) in [7, 11) is 0. The Labute approximate surface area is 121 Å². The van der Waals surface area contributed by atoms with E-state index in [4.69, 9.17) is 0 Å². The zero-order chi connectivity index (χ0) is 13.2. The summed E-state index contributed by atoms with van der Waals surface area (Å²) in [5.41, 5.74) is 0. The Kier molecular flexibility index (Phi) is 8.74. The summed E-state index contributed by atoms with van der Waals surface area (Å²) in [6.45, 7) is 3.11. The highest BCUT2D eigenvalue weighted by Gasteiger charge is 2.25. The molecule has 1 aliphatic rings. The van der Waals surface area contributed by atoms with Crippen LogP contribution in [-0.2, 0) is 4.79 Å². The van der Waals surface area contributed by atoms with Gasteiger partial charge in [-0.25, -0.2) is 0 Å². The van der Waals surface area contributed by atoms with Crippen LogP contribution < -0.4 is 0 Å². The number of nitrogens with zero attached hydrogens (tertiary/aromatic N) is 1. The van der Waals surface area contributed by atoms with Gasteiger partial charge >= 0.3 is 0 Å². The minimum atomic E-state index is 0.387. The summed E-state index contributed by atoms with van der Waals surface area (Å²) in [4.78, 5) is 14.4. The highest BCUT2D eigenvalue weighted by atomic mass is 79.9. The Morgan fingerprint density at radius 1 is 1.17 bits per heavy atom. The van der Waals surface area contributed by atoms with Gasteiger partial charge in [0.15, 0.2) is 0 Å². The Bertz CT molecular complexity index is 227. The van der Waals surface area contributed by atoms with Crippen molar-refractivity contribution < 1.29 is 4.79 Å². The van der Waals surface area contributed by atoms with Gasteiger partial charge < -0.3 is 4.90 Å². The summed E-state index contributed by atoms with van der Waals surface area (Å²) >= 11 is 3.47. The van der Waals surface area contributed by atoms with E-state index in [0.29, 0.717) is 11.9 Å². The summed E-state index contributed by atoms with van der Waals surface area (Å²) < 4.78 is 0. The Balaban J connectivity index is 2.25. The molecule has 2 nitrogen and oxygen atoms in total. The quantitative estimate of drug-likeness (QED) is 0.452. The van der Waals surface area contributed by atoms with Crippen molar-refractivity contribution >= 4 is 21.8 Å². The predicted molar refractivity (Wildman–Crippen MR) is 81.1 cm³/mol. The maximum absolute atomic E-state index is 12.3. The number of carbonyl (C=O) groups is 1. The third kappa shape index (κ3) is 5.73. The molecule has 1 amide bonds. The Morgan fingerprint density at radius 3 is 2.44 bits per heavy atom. The van der Waals surface area contributed by atoms with E-state index in [9.17, 15) is 4.79 Å². The number of alkyl halides is 1. The number of unbranched alkanes of at least 4 members (excludes halogenated alkanes) is 4. The standard InChI is InChI=1S/C15H28BrNO/c1-2-3-4-5-6-11-15(18)17(13-12-16)14-9-7-8-10-14/h14H,2-13H2,1H3. The third-order valence-corrected chi connectivity index (χ3v) is 4.26. The molecule has 0 atom stereocenters. The Hall–Kier alpha value is -0.0500. The summed E-state index contributed by atoms with van der Waals surface area (Å²) in [5.74, 6) is 0.387. The average Bonchev–Trinajstić information content (AvgIpc) is 2.89. The number of carbonyl (C=O) groups excluding carboxylic acids is 1. The van der Waals surface area contributed by atoms with Crippen molar-refractivity contribution in [3.05, 3.63) is 0 Å². The van der Waals surface area contributed by atoms with E-state index < -0.39 is 0 Å². The van der Waals surface area contributed by atoms with Crippen LogP contribution in [0.4, 0.5) is 0 Å². The highest BCUT2D eigenvalue weighted by molar-refractivity contribution is 9.09. The molecule has 1 aliphatic carbocycles. The van der Waals surface area contributed by atoms with Crippen molar-refractivity contribution in [2.24, 2.45) is 0 Å². The van der Waals surface area contributed by atoms with E-state index in [0.717, 1.165) is 24.7 Å². The molecule has 0 heterocycles. The lowest BCUT2D eigenvalue weighted by atomic mass is 10.1. The van der Waals surface area contributed by atoms with Gasteiger partial charge in [0, 0.05) is 24.3 Å². The van der Waals surface area contributed by atoms with Gasteiger partial charge in [-0.1, -0.05) is 61.4 Å². The molecule has 0 aromatic carbocycles. The number of hydrogen-bond donors (Lipinski definition) is 0. The molecule has 0 aromatic rings. The smallest absolute Gasteiger partial charge is 0.222 e. The predicted octanol–water partition coefficient (Wildman–Crippen LogP) is 4.51. The molecule has 0 unspecified atom stereocenters. The lowest BCUT2D eigenvalue weighted by Crippen LogP contribution is -2.40. The van der Waals surface area contributed by atoms with Crippen molar-refractivity contribution in [2.75, 3.05) is 11.9 Å². The molecule has 0 spiro atoms. The summed E-state index contributed by atoms with van der Waals surface area (Å²) in [5, 5.41) is 0.908. The van der Waals surface area contributed by atoms with E-state index >= 15 is 0 Å². The first-order chi connectivity index (χ1) is 8.79. The average molecular weight is 318 g/mol. The molecule has 0 N–H and O–H groups in total. The van der Waals surface area contributed by atoms with Gasteiger partial charge in [0.25, 0.3) is 0 Å². The molecule has 1 rings (SSSR count). The van der Waals surface area contributed by atoms with E-state index in [1.54, 1.807) is 0 Å². The normalized spacial score (nSPS) is 16.1. The first-order valence-corrected chi connectivity index (χ1v) is 8.77. The van der Waals surface area contributed by atoms with E-state index in [-0.39, 0.29) is 0 Å². The zero-order valence-corrected chi connectivity index (χ0v) is 13.4. The van der Waals surface area contributed by atoms with E-state index in [1.165, 1.54) is 51.4 Å². The van der Waals surface area contributed by atoms with Gasteiger partial charge in [-0.05, 0) is 19.3 Å². The third-order valence-electron chi connectivity index (χ3n) is 3.91. The van der Waals surface area contributed by atoms with Gasteiger partial charge in [-0.2, -0.15) is 0 Å². The molecular formula is C15H28BrNO. The van der Waals surface area contributed by atoms with Crippen LogP contribution in [0.1, 0.15) is 71.1 Å². The summed E-state index contributed by atoms with van der Waals surface area (Å²) in [6.07, 6.45) is 11.9. The number of hydrogen-bond acceptors (Lipinski definition) is 1. The van der Waals surface area contributed by atoms with Crippen LogP contribution in [0.3, 0.4) is 0 Å². The van der Waals surface area contributed by atoms with Crippen LogP contribution in [0.25, 0.3) is 0 Å². The van der Waals surface area contributed by atoms with Crippen LogP contribution in [0.15, 0.2) is 0 Å². The van der Waals surface area contributed by atoms with Crippen LogP contribution in [0.5, 0.6) is 0 Å². The van der Waals surface area contributed by atoms with E-state index in [2.05, 4.69) is 27.8 Å². The zero-order valence-electron chi connectivity index (χ0n) is 11.8. The molecule has 3 heteroatoms. The van der Waals surface area contributed by atoms with Gasteiger partial charge in [0.1, 0.15) is 0 Å².